The van der Waals surface area contributed by atoms with Crippen molar-refractivity contribution >= 4 is 11.7 Å². The molecule has 0 atom stereocenters. The topological polar surface area (TPSA) is 104 Å². The average Bonchev–Trinajstić information content (AvgIpc) is 2.81. The summed E-state index contributed by atoms with van der Waals surface area (Å²) in [6.07, 6.45) is 0. The standard InChI is InChI=1S/C12H17N5O3/c1-8-7-9(2)17-12(13-8)14-10(15-17)11(20)16(3-5-18)4-6-19/h7,18-19H,3-6H2,1-2H3. The Morgan fingerprint density at radius 1 is 1.25 bits per heavy atom. The molecule has 8 nitrogen and oxygen atoms in total. The van der Waals surface area contributed by atoms with Crippen molar-refractivity contribution in [3.8, 4) is 0 Å². The first kappa shape index (κ1) is 14.4. The lowest BCUT2D eigenvalue weighted by Gasteiger charge is -2.18. The highest BCUT2D eigenvalue weighted by molar-refractivity contribution is 5.90. The second-order valence-electron chi connectivity index (χ2n) is 4.43. The molecule has 0 saturated heterocycles. The molecule has 0 aliphatic heterocycles. The number of aromatic nitrogens is 4. The second kappa shape index (κ2) is 5.93. The van der Waals surface area contributed by atoms with E-state index in [2.05, 4.69) is 15.1 Å². The number of carbonyl (C=O) groups is 1. The summed E-state index contributed by atoms with van der Waals surface area (Å²) in [7, 11) is 0. The van der Waals surface area contributed by atoms with Gasteiger partial charge >= 0.3 is 0 Å². The molecular weight excluding hydrogens is 262 g/mol. The van der Waals surface area contributed by atoms with Crippen LogP contribution in [0.4, 0.5) is 0 Å². The molecule has 0 fully saturated rings. The van der Waals surface area contributed by atoms with Gasteiger partial charge in [0.1, 0.15) is 0 Å². The highest BCUT2D eigenvalue weighted by atomic mass is 16.3. The van der Waals surface area contributed by atoms with Crippen LogP contribution >= 0.6 is 0 Å². The summed E-state index contributed by atoms with van der Waals surface area (Å²) < 4.78 is 1.50. The van der Waals surface area contributed by atoms with Crippen LogP contribution in [0.3, 0.4) is 0 Å². The van der Waals surface area contributed by atoms with Crippen LogP contribution in [0.25, 0.3) is 5.78 Å². The molecule has 20 heavy (non-hydrogen) atoms. The Hall–Kier alpha value is -2.06. The number of hydrogen-bond donors (Lipinski definition) is 2. The third-order valence-electron chi connectivity index (χ3n) is 2.84. The molecule has 0 spiro atoms. The predicted molar refractivity (Wildman–Crippen MR) is 70.3 cm³/mol. The minimum atomic E-state index is -0.435. The van der Waals surface area contributed by atoms with Crippen molar-refractivity contribution in [3.63, 3.8) is 0 Å². The SMILES string of the molecule is Cc1cc(C)n2nc(C(=O)N(CCO)CCO)nc2n1. The van der Waals surface area contributed by atoms with Crippen LogP contribution in [-0.2, 0) is 0 Å². The van der Waals surface area contributed by atoms with Gasteiger partial charge in [0.05, 0.1) is 13.2 Å². The molecule has 108 valence electrons. The normalized spacial score (nSPS) is 11.0. The van der Waals surface area contributed by atoms with E-state index < -0.39 is 5.91 Å². The molecule has 0 aliphatic carbocycles. The van der Waals surface area contributed by atoms with Gasteiger partial charge in [0, 0.05) is 24.5 Å². The Balaban J connectivity index is 2.36. The van der Waals surface area contributed by atoms with E-state index in [1.807, 2.05) is 19.9 Å². The van der Waals surface area contributed by atoms with Gasteiger partial charge < -0.3 is 15.1 Å². The molecule has 8 heteroatoms. The molecule has 0 aliphatic rings. The number of aliphatic hydroxyl groups excluding tert-OH is 2. The summed E-state index contributed by atoms with van der Waals surface area (Å²) >= 11 is 0. The van der Waals surface area contributed by atoms with E-state index in [0.29, 0.717) is 5.78 Å². The van der Waals surface area contributed by atoms with Crippen molar-refractivity contribution in [2.45, 2.75) is 13.8 Å². The van der Waals surface area contributed by atoms with E-state index in [1.54, 1.807) is 0 Å². The van der Waals surface area contributed by atoms with Crippen molar-refractivity contribution in [1.29, 1.82) is 0 Å². The average molecular weight is 279 g/mol. The number of nitrogens with zero attached hydrogens (tertiary/aromatic N) is 5. The quantitative estimate of drug-likeness (QED) is 0.740. The third kappa shape index (κ3) is 2.75. The summed E-state index contributed by atoms with van der Waals surface area (Å²) in [5.41, 5.74) is 1.62. The molecule has 2 rings (SSSR count). The molecule has 0 bridgehead atoms. The number of aliphatic hydroxyl groups is 2. The number of carbonyl (C=O) groups excluding carboxylic acids is 1. The van der Waals surface area contributed by atoms with Crippen molar-refractivity contribution in [2.75, 3.05) is 26.3 Å². The third-order valence-corrected chi connectivity index (χ3v) is 2.84. The van der Waals surface area contributed by atoms with E-state index in [1.165, 1.54) is 9.42 Å². The number of hydrogen-bond acceptors (Lipinski definition) is 6. The Morgan fingerprint density at radius 3 is 2.50 bits per heavy atom. The van der Waals surface area contributed by atoms with Gasteiger partial charge in [-0.1, -0.05) is 0 Å². The predicted octanol–water partition coefficient (Wildman–Crippen LogP) is -0.832. The monoisotopic (exact) mass is 279 g/mol. The van der Waals surface area contributed by atoms with Crippen LogP contribution in [0.2, 0.25) is 0 Å². The van der Waals surface area contributed by atoms with E-state index >= 15 is 0 Å². The lowest BCUT2D eigenvalue weighted by Crippen LogP contribution is -2.36. The van der Waals surface area contributed by atoms with Gasteiger partial charge in [0.15, 0.2) is 0 Å². The summed E-state index contributed by atoms with van der Waals surface area (Å²) in [5, 5.41) is 22.0. The fraction of sp³-hybridized carbons (Fsp3) is 0.500. The van der Waals surface area contributed by atoms with Gasteiger partial charge in [-0.25, -0.2) is 9.50 Å². The molecule has 2 N–H and O–H groups in total. The highest BCUT2D eigenvalue weighted by Crippen LogP contribution is 2.07. The first-order chi connectivity index (χ1) is 9.56. The van der Waals surface area contributed by atoms with Crippen LogP contribution in [0.1, 0.15) is 22.0 Å². The highest BCUT2D eigenvalue weighted by Gasteiger charge is 2.20. The van der Waals surface area contributed by atoms with Crippen LogP contribution < -0.4 is 0 Å². The zero-order chi connectivity index (χ0) is 14.7. The first-order valence-corrected chi connectivity index (χ1v) is 6.29. The lowest BCUT2D eigenvalue weighted by molar-refractivity contribution is 0.0673. The maximum absolute atomic E-state index is 12.2. The fourth-order valence-electron chi connectivity index (χ4n) is 1.95. The minimum Gasteiger partial charge on any atom is -0.395 e. The molecule has 0 aromatic carbocycles. The molecule has 0 radical (unpaired) electrons. The second-order valence-corrected chi connectivity index (χ2v) is 4.43. The summed E-state index contributed by atoms with van der Waals surface area (Å²) in [6, 6.07) is 1.84. The van der Waals surface area contributed by atoms with Crippen molar-refractivity contribution in [1.82, 2.24) is 24.5 Å². The van der Waals surface area contributed by atoms with E-state index in [0.717, 1.165) is 11.4 Å². The Labute approximate surface area is 115 Å². The Bertz CT molecular complexity index is 619. The largest absolute Gasteiger partial charge is 0.395 e. The van der Waals surface area contributed by atoms with Gasteiger partial charge in [-0.2, -0.15) is 4.98 Å². The van der Waals surface area contributed by atoms with E-state index in [9.17, 15) is 4.79 Å². The van der Waals surface area contributed by atoms with Crippen molar-refractivity contribution in [3.05, 3.63) is 23.3 Å². The molecule has 0 saturated carbocycles. The van der Waals surface area contributed by atoms with Gasteiger partial charge in [-0.15, -0.1) is 5.10 Å². The lowest BCUT2D eigenvalue weighted by atomic mass is 10.4. The molecule has 2 aromatic heterocycles. The van der Waals surface area contributed by atoms with Crippen molar-refractivity contribution < 1.29 is 15.0 Å². The van der Waals surface area contributed by atoms with Gasteiger partial charge in [-0.05, 0) is 19.9 Å². The number of amides is 1. The number of aryl methyl sites for hydroxylation is 2. The van der Waals surface area contributed by atoms with Gasteiger partial charge in [0.25, 0.3) is 11.7 Å². The van der Waals surface area contributed by atoms with Crippen LogP contribution in [0, 0.1) is 13.8 Å². The first-order valence-electron chi connectivity index (χ1n) is 6.29. The smallest absolute Gasteiger partial charge is 0.293 e. The van der Waals surface area contributed by atoms with Crippen LogP contribution in [0.5, 0.6) is 0 Å². The number of rotatable bonds is 5. The summed E-state index contributed by atoms with van der Waals surface area (Å²) in [6.45, 7) is 3.57. The van der Waals surface area contributed by atoms with Crippen molar-refractivity contribution in [2.24, 2.45) is 0 Å². The molecular formula is C12H17N5O3. The molecule has 2 aromatic rings. The Morgan fingerprint density at radius 2 is 1.90 bits per heavy atom. The fourth-order valence-corrected chi connectivity index (χ4v) is 1.95. The summed E-state index contributed by atoms with van der Waals surface area (Å²) in [4.78, 5) is 21.8. The minimum absolute atomic E-state index is 0.00750. The number of fused-ring (bicyclic) bond motifs is 1. The van der Waals surface area contributed by atoms with Gasteiger partial charge in [0.2, 0.25) is 5.82 Å². The van der Waals surface area contributed by atoms with Gasteiger partial charge in [-0.3, -0.25) is 4.79 Å². The maximum Gasteiger partial charge on any atom is 0.293 e. The summed E-state index contributed by atoms with van der Waals surface area (Å²) in [5.74, 6) is -0.0671. The maximum atomic E-state index is 12.2. The van der Waals surface area contributed by atoms with Crippen LogP contribution in [0.15, 0.2) is 6.07 Å². The molecule has 0 unspecified atom stereocenters. The zero-order valence-corrected chi connectivity index (χ0v) is 11.4. The van der Waals surface area contributed by atoms with E-state index in [-0.39, 0.29) is 32.1 Å². The van der Waals surface area contributed by atoms with E-state index in [4.69, 9.17) is 10.2 Å². The Kier molecular flexibility index (Phi) is 4.26. The molecule has 2 heterocycles. The molecule has 1 amide bonds. The zero-order valence-electron chi connectivity index (χ0n) is 11.4. The van der Waals surface area contributed by atoms with Crippen LogP contribution in [-0.4, -0.2) is 66.9 Å².